The van der Waals surface area contributed by atoms with Gasteiger partial charge in [-0.2, -0.15) is 10.7 Å². The van der Waals surface area contributed by atoms with Gasteiger partial charge in [0, 0.05) is 5.41 Å². The van der Waals surface area contributed by atoms with E-state index in [0.717, 1.165) is 5.41 Å². The van der Waals surface area contributed by atoms with Crippen molar-refractivity contribution in [2.45, 2.75) is 4.90 Å². The third-order valence-electron chi connectivity index (χ3n) is 1.62. The van der Waals surface area contributed by atoms with Crippen molar-refractivity contribution in [1.82, 2.24) is 10.9 Å². The highest BCUT2D eigenvalue weighted by Gasteiger charge is 2.08. The molecule has 77 valence electrons. The van der Waals surface area contributed by atoms with Crippen molar-refractivity contribution in [1.29, 1.82) is 5.26 Å². The lowest BCUT2D eigenvalue weighted by molar-refractivity contribution is 0.604. The largest absolute Gasteiger partial charge is 0.219 e. The van der Waals surface area contributed by atoms with Gasteiger partial charge < -0.3 is 0 Å². The van der Waals surface area contributed by atoms with Gasteiger partial charge in [-0.3, -0.25) is 0 Å². The Labute approximate surface area is 87.9 Å². The summed E-state index contributed by atoms with van der Waals surface area (Å²) >= 11 is 0. The van der Waals surface area contributed by atoms with Crippen LogP contribution < -0.4 is 10.9 Å². The van der Waals surface area contributed by atoms with Crippen LogP contribution in [0.1, 0.15) is 0 Å². The first-order valence-corrected chi connectivity index (χ1v) is 5.47. The van der Waals surface area contributed by atoms with Gasteiger partial charge in [0.15, 0.2) is 16.0 Å². The summed E-state index contributed by atoms with van der Waals surface area (Å²) in [5, 5.41) is 9.07. The molecule has 15 heavy (non-hydrogen) atoms. The van der Waals surface area contributed by atoms with Gasteiger partial charge in [-0.15, -0.1) is 0 Å². The lowest BCUT2D eigenvalue weighted by Crippen LogP contribution is -2.12. The molecule has 1 N–H and O–H groups in total. The molecule has 1 aromatic rings. The van der Waals surface area contributed by atoms with Gasteiger partial charge in [0.25, 0.3) is 0 Å². The summed E-state index contributed by atoms with van der Waals surface area (Å²) in [6, 6.07) is 5.77. The monoisotopic (exact) mass is 222 g/mol. The number of sulfone groups is 1. The highest BCUT2D eigenvalue weighted by Crippen LogP contribution is 2.15. The topological polar surface area (TPSA) is 84.1 Å². The lowest BCUT2D eigenvalue weighted by atomic mass is 10.3. The van der Waals surface area contributed by atoms with E-state index >= 15 is 0 Å². The molecular formula is C9H8N3O2S. The zero-order valence-corrected chi connectivity index (χ0v) is 8.53. The number of hydrogen-bond donors (Lipinski definition) is 1. The van der Waals surface area contributed by atoms with Crippen molar-refractivity contribution < 1.29 is 8.42 Å². The molecule has 0 fully saturated rings. The highest BCUT2D eigenvalue weighted by atomic mass is 32.2. The van der Waals surface area contributed by atoms with E-state index in [2.05, 4.69) is 17.4 Å². The Hall–Kier alpha value is -2.00. The minimum atomic E-state index is -3.40. The van der Waals surface area contributed by atoms with Crippen molar-refractivity contribution in [2.75, 3.05) is 0 Å². The summed E-state index contributed by atoms with van der Waals surface area (Å²) < 4.78 is 22.6. The Bertz CT molecular complexity index is 485. The smallest absolute Gasteiger partial charge is 0.199 e. The van der Waals surface area contributed by atoms with Crippen LogP contribution in [0.15, 0.2) is 41.1 Å². The van der Waals surface area contributed by atoms with Crippen molar-refractivity contribution in [3.05, 3.63) is 36.3 Å². The maximum absolute atomic E-state index is 11.3. The van der Waals surface area contributed by atoms with Crippen LogP contribution in [-0.4, -0.2) is 8.42 Å². The van der Waals surface area contributed by atoms with Crippen LogP contribution in [0.3, 0.4) is 0 Å². The van der Waals surface area contributed by atoms with Gasteiger partial charge in [0.05, 0.1) is 10.6 Å². The highest BCUT2D eigenvalue weighted by molar-refractivity contribution is 7.94. The van der Waals surface area contributed by atoms with Crippen LogP contribution in [0.4, 0.5) is 5.69 Å². The molecule has 0 amide bonds. The number of nitriles is 1. The fourth-order valence-electron chi connectivity index (χ4n) is 0.896. The maximum atomic E-state index is 11.3. The van der Waals surface area contributed by atoms with E-state index in [4.69, 9.17) is 5.26 Å². The predicted octanol–water partition coefficient (Wildman–Crippen LogP) is 0.825. The van der Waals surface area contributed by atoms with Crippen molar-refractivity contribution in [2.24, 2.45) is 0 Å². The average Bonchev–Trinajstić information content (AvgIpc) is 2.27. The van der Waals surface area contributed by atoms with Gasteiger partial charge in [-0.1, -0.05) is 6.58 Å². The van der Waals surface area contributed by atoms with Crippen molar-refractivity contribution in [3.63, 3.8) is 0 Å². The van der Waals surface area contributed by atoms with Crippen LogP contribution in [-0.2, 0) is 9.84 Å². The van der Waals surface area contributed by atoms with Gasteiger partial charge in [0.1, 0.15) is 0 Å². The fraction of sp³-hybridized carbons (Fsp3) is 0. The van der Waals surface area contributed by atoms with E-state index in [1.54, 1.807) is 6.19 Å². The lowest BCUT2D eigenvalue weighted by Gasteiger charge is -2.01. The minimum absolute atomic E-state index is 0.147. The molecule has 0 bridgehead atoms. The summed E-state index contributed by atoms with van der Waals surface area (Å²) in [5.41, 5.74) is 6.21. The number of hydrogen-bond acceptors (Lipinski definition) is 4. The van der Waals surface area contributed by atoms with Crippen LogP contribution in [0.2, 0.25) is 0 Å². The molecule has 1 radical (unpaired) electrons. The van der Waals surface area contributed by atoms with E-state index in [0.29, 0.717) is 5.69 Å². The first kappa shape index (κ1) is 11.1. The Morgan fingerprint density at radius 1 is 1.40 bits per heavy atom. The summed E-state index contributed by atoms with van der Waals surface area (Å²) in [6.07, 6.45) is 1.62. The molecule has 0 spiro atoms. The van der Waals surface area contributed by atoms with Crippen LogP contribution >= 0.6 is 0 Å². The van der Waals surface area contributed by atoms with Gasteiger partial charge in [0.2, 0.25) is 0 Å². The summed E-state index contributed by atoms with van der Waals surface area (Å²) in [7, 11) is -3.40. The molecule has 0 unspecified atom stereocenters. The second-order valence-corrected chi connectivity index (χ2v) is 4.44. The van der Waals surface area contributed by atoms with Crippen LogP contribution in [0.25, 0.3) is 0 Å². The number of nitrogens with one attached hydrogen (secondary N) is 1. The fourth-order valence-corrected chi connectivity index (χ4v) is 1.60. The van der Waals surface area contributed by atoms with Gasteiger partial charge in [-0.05, 0) is 24.3 Å². The minimum Gasteiger partial charge on any atom is -0.219 e. The maximum Gasteiger partial charge on any atom is 0.199 e. The number of nitrogens with zero attached hydrogens (tertiary/aromatic N) is 2. The Kier molecular flexibility index (Phi) is 3.31. The molecule has 0 aliphatic heterocycles. The molecule has 6 heteroatoms. The zero-order chi connectivity index (χ0) is 11.3. The first-order chi connectivity index (χ1) is 7.10. The molecule has 0 aliphatic carbocycles. The van der Waals surface area contributed by atoms with Gasteiger partial charge in [-0.25, -0.2) is 13.8 Å². The Morgan fingerprint density at radius 2 is 2.00 bits per heavy atom. The van der Waals surface area contributed by atoms with Crippen LogP contribution in [0.5, 0.6) is 0 Å². The van der Waals surface area contributed by atoms with Crippen molar-refractivity contribution in [3.8, 4) is 6.19 Å². The van der Waals surface area contributed by atoms with Crippen LogP contribution in [0, 0.1) is 11.5 Å². The van der Waals surface area contributed by atoms with E-state index in [9.17, 15) is 8.42 Å². The number of rotatable bonds is 4. The standard InChI is InChI=1S/C9H8N3O2S/c1-2-15(13,14)9-5-3-8(4-6-9)12-11-7-10/h2-6,11H,1H2. The Balaban J connectivity index is 2.91. The molecule has 0 saturated heterocycles. The Morgan fingerprint density at radius 3 is 2.47 bits per heavy atom. The molecule has 0 aromatic heterocycles. The van der Waals surface area contributed by atoms with E-state index in [1.165, 1.54) is 24.3 Å². The molecular weight excluding hydrogens is 214 g/mol. The molecule has 1 aromatic carbocycles. The normalized spacial score (nSPS) is 10.1. The molecule has 5 nitrogen and oxygen atoms in total. The molecule has 0 aliphatic rings. The molecule has 1 rings (SSSR count). The summed E-state index contributed by atoms with van der Waals surface area (Å²) in [4.78, 5) is 0.147. The summed E-state index contributed by atoms with van der Waals surface area (Å²) in [5.74, 6) is 0. The first-order valence-electron chi connectivity index (χ1n) is 3.92. The van der Waals surface area contributed by atoms with Gasteiger partial charge >= 0.3 is 0 Å². The second-order valence-electron chi connectivity index (χ2n) is 2.54. The second kappa shape index (κ2) is 4.48. The predicted molar refractivity (Wildman–Crippen MR) is 54.4 cm³/mol. The van der Waals surface area contributed by atoms with Crippen molar-refractivity contribution >= 4 is 15.5 Å². The molecule has 0 atom stereocenters. The third-order valence-corrected chi connectivity index (χ3v) is 2.99. The quantitative estimate of drug-likeness (QED) is 0.464. The SMILES string of the molecule is C=CS(=O)(=O)c1ccc([N]NC#N)cc1. The van der Waals surface area contributed by atoms with E-state index in [-0.39, 0.29) is 4.90 Å². The average molecular weight is 222 g/mol. The zero-order valence-electron chi connectivity index (χ0n) is 7.71. The third kappa shape index (κ3) is 2.72. The molecule has 0 saturated carbocycles. The molecule has 0 heterocycles. The van der Waals surface area contributed by atoms with E-state index < -0.39 is 9.84 Å². The number of benzene rings is 1. The summed E-state index contributed by atoms with van der Waals surface area (Å²) in [6.45, 7) is 3.21. The van der Waals surface area contributed by atoms with E-state index in [1.807, 2.05) is 0 Å².